The second kappa shape index (κ2) is 5.94. The van der Waals surface area contributed by atoms with Crippen LogP contribution in [-0.4, -0.2) is 45.2 Å². The molecule has 8 heteroatoms. The molecule has 0 aliphatic carbocycles. The lowest BCUT2D eigenvalue weighted by Crippen LogP contribution is -2.46. The Morgan fingerprint density at radius 1 is 1.41 bits per heavy atom. The molecule has 0 saturated carbocycles. The summed E-state index contributed by atoms with van der Waals surface area (Å²) in [6.45, 7) is 0. The van der Waals surface area contributed by atoms with Crippen molar-refractivity contribution in [2.45, 2.75) is 25.1 Å². The molecule has 0 aromatic heterocycles. The van der Waals surface area contributed by atoms with Gasteiger partial charge >= 0.3 is 5.97 Å². The van der Waals surface area contributed by atoms with E-state index >= 15 is 0 Å². The maximum Gasteiger partial charge on any atom is 0.335 e. The van der Waals surface area contributed by atoms with E-state index in [9.17, 15) is 24.3 Å². The van der Waals surface area contributed by atoms with Crippen molar-refractivity contribution in [3.05, 3.63) is 34.9 Å². The molecular weight excluding hydrogens is 292 g/mol. The molecule has 0 fully saturated rings. The van der Waals surface area contributed by atoms with Gasteiger partial charge in [0.15, 0.2) is 6.23 Å². The average molecular weight is 306 g/mol. The van der Waals surface area contributed by atoms with Gasteiger partial charge in [-0.15, -0.1) is 0 Å². The lowest BCUT2D eigenvalue weighted by Gasteiger charge is -2.28. The fourth-order valence-corrected chi connectivity index (χ4v) is 2.46. The molecule has 0 saturated heterocycles. The number of carboxylic acid groups (broad SMARTS) is 1. The highest BCUT2D eigenvalue weighted by atomic mass is 16.4. The number of nitrogens with two attached hydrogens (primary N) is 1. The number of benzene rings is 1. The molecule has 0 radical (unpaired) electrons. The Kier molecular flexibility index (Phi) is 4.22. The summed E-state index contributed by atoms with van der Waals surface area (Å²) >= 11 is 0. The quantitative estimate of drug-likeness (QED) is 0.615. The highest BCUT2D eigenvalue weighted by molar-refractivity contribution is 6.02. The second-order valence-corrected chi connectivity index (χ2v) is 4.86. The average Bonchev–Trinajstić information content (AvgIpc) is 2.72. The number of aliphatic hydroxyl groups excluding tert-OH is 1. The lowest BCUT2D eigenvalue weighted by atomic mass is 10.1. The van der Waals surface area contributed by atoms with Gasteiger partial charge < -0.3 is 20.7 Å². The first-order valence-corrected chi connectivity index (χ1v) is 6.49. The zero-order valence-corrected chi connectivity index (χ0v) is 11.4. The number of nitrogens with zero attached hydrogens (tertiary/aromatic N) is 1. The molecule has 0 spiro atoms. The Bertz CT molecular complexity index is 657. The smallest absolute Gasteiger partial charge is 0.335 e. The van der Waals surface area contributed by atoms with Gasteiger partial charge in [0.25, 0.3) is 5.91 Å². The first-order chi connectivity index (χ1) is 10.4. The van der Waals surface area contributed by atoms with Gasteiger partial charge in [0, 0.05) is 17.5 Å². The van der Waals surface area contributed by atoms with Gasteiger partial charge in [-0.05, 0) is 24.6 Å². The van der Waals surface area contributed by atoms with Crippen molar-refractivity contribution in [2.24, 2.45) is 5.73 Å². The van der Waals surface area contributed by atoms with Crippen molar-refractivity contribution in [3.63, 3.8) is 0 Å². The van der Waals surface area contributed by atoms with E-state index in [2.05, 4.69) is 0 Å². The fraction of sp³-hybridized carbons (Fsp3) is 0.286. The zero-order valence-electron chi connectivity index (χ0n) is 11.4. The number of primary amides is 1. The van der Waals surface area contributed by atoms with Crippen LogP contribution in [0.4, 0.5) is 0 Å². The van der Waals surface area contributed by atoms with E-state index in [4.69, 9.17) is 10.8 Å². The molecule has 0 bridgehead atoms. The second-order valence-electron chi connectivity index (χ2n) is 4.86. The van der Waals surface area contributed by atoms with Crippen LogP contribution in [0.5, 0.6) is 0 Å². The number of rotatable bonds is 6. The predicted octanol–water partition coefficient (Wildman–Crippen LogP) is -0.336. The van der Waals surface area contributed by atoms with Crippen LogP contribution in [0.15, 0.2) is 18.2 Å². The first-order valence-electron chi connectivity index (χ1n) is 6.49. The third-order valence-corrected chi connectivity index (χ3v) is 3.53. The molecule has 2 atom stereocenters. The molecule has 1 heterocycles. The third-order valence-electron chi connectivity index (χ3n) is 3.53. The van der Waals surface area contributed by atoms with Gasteiger partial charge in [-0.3, -0.25) is 14.5 Å². The minimum Gasteiger partial charge on any atom is -0.478 e. The van der Waals surface area contributed by atoms with E-state index in [1.165, 1.54) is 18.2 Å². The lowest BCUT2D eigenvalue weighted by molar-refractivity contribution is -0.126. The van der Waals surface area contributed by atoms with Gasteiger partial charge in [-0.2, -0.15) is 0 Å². The number of fused-ring (bicyclic) bond motifs is 1. The topological polar surface area (TPSA) is 138 Å². The predicted molar refractivity (Wildman–Crippen MR) is 72.8 cm³/mol. The summed E-state index contributed by atoms with van der Waals surface area (Å²) in [7, 11) is 0. The van der Waals surface area contributed by atoms with Crippen LogP contribution in [0.25, 0.3) is 0 Å². The number of hydrogen-bond donors (Lipinski definition) is 3. The summed E-state index contributed by atoms with van der Waals surface area (Å²) in [4.78, 5) is 46.1. The van der Waals surface area contributed by atoms with E-state index in [1.54, 1.807) is 0 Å². The van der Waals surface area contributed by atoms with Crippen LogP contribution < -0.4 is 5.73 Å². The Labute approximate surface area is 125 Å². The molecular formula is C14H14N2O6. The van der Waals surface area contributed by atoms with Crippen molar-refractivity contribution in [1.29, 1.82) is 0 Å². The van der Waals surface area contributed by atoms with Crippen LogP contribution in [-0.2, 0) is 9.59 Å². The summed E-state index contributed by atoms with van der Waals surface area (Å²) in [5, 5.41) is 19.2. The van der Waals surface area contributed by atoms with E-state index in [1.807, 2.05) is 0 Å². The van der Waals surface area contributed by atoms with Crippen molar-refractivity contribution < 1.29 is 29.4 Å². The van der Waals surface area contributed by atoms with Gasteiger partial charge in [0.1, 0.15) is 12.3 Å². The number of carbonyl (C=O) groups is 4. The summed E-state index contributed by atoms with van der Waals surface area (Å²) in [6, 6.07) is 2.55. The molecule has 4 N–H and O–H groups in total. The molecule has 1 aromatic rings. The summed E-state index contributed by atoms with van der Waals surface area (Å²) in [6.07, 6.45) is -0.910. The molecule has 2 rings (SSSR count). The van der Waals surface area contributed by atoms with Crippen LogP contribution in [0, 0.1) is 0 Å². The number of carboxylic acids is 1. The van der Waals surface area contributed by atoms with Crippen molar-refractivity contribution >= 4 is 24.1 Å². The van der Waals surface area contributed by atoms with E-state index < -0.39 is 30.1 Å². The number of amides is 2. The van der Waals surface area contributed by atoms with Crippen molar-refractivity contribution in [3.8, 4) is 0 Å². The minimum absolute atomic E-state index is 0.000821. The number of aldehydes is 1. The van der Waals surface area contributed by atoms with Gasteiger partial charge in [-0.1, -0.05) is 0 Å². The Morgan fingerprint density at radius 2 is 2.09 bits per heavy atom. The number of hydrogen-bond acceptors (Lipinski definition) is 5. The third kappa shape index (κ3) is 2.56. The molecule has 2 unspecified atom stereocenters. The van der Waals surface area contributed by atoms with Crippen LogP contribution in [0.2, 0.25) is 0 Å². The maximum absolute atomic E-state index is 12.3. The summed E-state index contributed by atoms with van der Waals surface area (Å²) in [5.74, 6) is -2.68. The van der Waals surface area contributed by atoms with Crippen molar-refractivity contribution in [2.75, 3.05) is 0 Å². The van der Waals surface area contributed by atoms with E-state index in [-0.39, 0.29) is 29.5 Å². The highest BCUT2D eigenvalue weighted by Crippen LogP contribution is 2.34. The normalized spacial score (nSPS) is 18.0. The SMILES string of the molecule is NC(=O)C(CCC=O)N1C(=O)c2ccc(C(=O)O)cc2C1O. The van der Waals surface area contributed by atoms with E-state index in [0.29, 0.717) is 6.29 Å². The summed E-state index contributed by atoms with van der Waals surface area (Å²) in [5.41, 5.74) is 5.36. The number of carbonyl (C=O) groups excluding carboxylic acids is 3. The van der Waals surface area contributed by atoms with Crippen LogP contribution in [0.3, 0.4) is 0 Å². The Morgan fingerprint density at radius 3 is 2.64 bits per heavy atom. The molecule has 22 heavy (non-hydrogen) atoms. The van der Waals surface area contributed by atoms with Gasteiger partial charge in [0.2, 0.25) is 5.91 Å². The van der Waals surface area contributed by atoms with E-state index in [0.717, 1.165) is 4.90 Å². The van der Waals surface area contributed by atoms with Crippen LogP contribution >= 0.6 is 0 Å². The van der Waals surface area contributed by atoms with Gasteiger partial charge in [-0.25, -0.2) is 4.79 Å². The summed E-state index contributed by atoms with van der Waals surface area (Å²) < 4.78 is 0. The fourth-order valence-electron chi connectivity index (χ4n) is 2.46. The minimum atomic E-state index is -1.48. The number of aromatic carboxylic acids is 1. The largest absolute Gasteiger partial charge is 0.478 e. The van der Waals surface area contributed by atoms with Crippen molar-refractivity contribution in [1.82, 2.24) is 4.90 Å². The molecule has 116 valence electrons. The number of aliphatic hydroxyl groups is 1. The standard InChI is InChI=1S/C14H14N2O6/c15-11(18)10(2-1-5-17)16-12(19)8-4-3-7(14(21)22)6-9(8)13(16)20/h3-6,10,13,20H,1-2H2,(H2,15,18)(H,21,22). The molecule has 2 amide bonds. The first kappa shape index (κ1) is 15.6. The molecule has 8 nitrogen and oxygen atoms in total. The monoisotopic (exact) mass is 306 g/mol. The maximum atomic E-state index is 12.3. The zero-order chi connectivity index (χ0) is 16.4. The molecule has 1 aliphatic rings. The Hall–Kier alpha value is -2.74. The molecule has 1 aliphatic heterocycles. The van der Waals surface area contributed by atoms with Crippen LogP contribution in [0.1, 0.15) is 45.3 Å². The molecule has 1 aromatic carbocycles. The highest BCUT2D eigenvalue weighted by Gasteiger charge is 2.42. The van der Waals surface area contributed by atoms with Gasteiger partial charge in [0.05, 0.1) is 5.56 Å². The Balaban J connectivity index is 2.40.